The first-order valence-corrected chi connectivity index (χ1v) is 11.2. The van der Waals surface area contributed by atoms with Crippen molar-refractivity contribution in [3.05, 3.63) is 102 Å². The lowest BCUT2D eigenvalue weighted by molar-refractivity contribution is -0.117. The molecule has 1 heterocycles. The van der Waals surface area contributed by atoms with Gasteiger partial charge in [-0.25, -0.2) is 5.01 Å². The molecule has 0 unspecified atom stereocenters. The van der Waals surface area contributed by atoms with Crippen LogP contribution in [0.5, 0.6) is 17.2 Å². The van der Waals surface area contributed by atoms with E-state index in [1.807, 2.05) is 42.5 Å². The zero-order valence-corrected chi connectivity index (χ0v) is 19.4. The lowest BCUT2D eigenvalue weighted by Crippen LogP contribution is -2.35. The summed E-state index contributed by atoms with van der Waals surface area (Å²) in [5, 5.41) is 1.24. The summed E-state index contributed by atoms with van der Waals surface area (Å²) in [7, 11) is 1.60. The minimum atomic E-state index is -0.469. The zero-order chi connectivity index (χ0) is 24.6. The molecule has 1 N–H and O–H groups in total. The molecule has 0 saturated carbocycles. The first-order chi connectivity index (χ1) is 17.1. The van der Waals surface area contributed by atoms with Crippen LogP contribution >= 0.6 is 0 Å². The number of carbonyl (C=O) groups is 2. The van der Waals surface area contributed by atoms with Gasteiger partial charge in [0.1, 0.15) is 24.5 Å². The smallest absolute Gasteiger partial charge is 0.282 e. The molecule has 0 aliphatic carbocycles. The summed E-state index contributed by atoms with van der Waals surface area (Å²) < 4.78 is 17.2. The van der Waals surface area contributed by atoms with E-state index >= 15 is 0 Å². The fourth-order valence-corrected chi connectivity index (χ4v) is 3.63. The number of anilines is 1. The van der Waals surface area contributed by atoms with E-state index in [0.717, 1.165) is 12.0 Å². The van der Waals surface area contributed by atoms with Crippen LogP contribution in [0.1, 0.15) is 11.1 Å². The number of benzene rings is 3. The maximum absolute atomic E-state index is 12.9. The summed E-state index contributed by atoms with van der Waals surface area (Å²) in [6, 6.07) is 21.9. The Morgan fingerprint density at radius 2 is 1.60 bits per heavy atom. The van der Waals surface area contributed by atoms with Gasteiger partial charge < -0.3 is 14.2 Å². The van der Waals surface area contributed by atoms with Crippen molar-refractivity contribution in [3.63, 3.8) is 0 Å². The minimum Gasteiger partial charge on any atom is -0.493 e. The monoisotopic (exact) mass is 470 g/mol. The van der Waals surface area contributed by atoms with Crippen LogP contribution < -0.4 is 24.6 Å². The van der Waals surface area contributed by atoms with Crippen molar-refractivity contribution in [2.24, 2.45) is 0 Å². The number of rotatable bonds is 10. The number of nitrogens with one attached hydrogen (secondary N) is 1. The first-order valence-electron chi connectivity index (χ1n) is 11.2. The van der Waals surface area contributed by atoms with Gasteiger partial charge in [0, 0.05) is 5.56 Å². The van der Waals surface area contributed by atoms with Crippen LogP contribution in [0.3, 0.4) is 0 Å². The van der Waals surface area contributed by atoms with Crippen molar-refractivity contribution in [1.29, 1.82) is 0 Å². The van der Waals surface area contributed by atoms with E-state index < -0.39 is 11.8 Å². The highest BCUT2D eigenvalue weighted by molar-refractivity contribution is 6.31. The molecular weight excluding hydrogens is 444 g/mol. The molecule has 1 aliphatic rings. The highest BCUT2D eigenvalue weighted by Gasteiger charge is 2.34. The molecule has 2 amide bonds. The summed E-state index contributed by atoms with van der Waals surface area (Å²) in [5.74, 6) is 0.905. The Labute approximate surface area is 204 Å². The Hall–Kier alpha value is -4.52. The molecule has 1 saturated heterocycles. The third kappa shape index (κ3) is 5.52. The topological polar surface area (TPSA) is 77.1 Å². The highest BCUT2D eigenvalue weighted by Crippen LogP contribution is 2.29. The largest absolute Gasteiger partial charge is 0.493 e. The molecule has 178 valence electrons. The molecule has 7 nitrogen and oxygen atoms in total. The van der Waals surface area contributed by atoms with Gasteiger partial charge in [-0.1, -0.05) is 48.5 Å². The van der Waals surface area contributed by atoms with Gasteiger partial charge in [0.25, 0.3) is 11.8 Å². The number of hydrogen-bond acceptors (Lipinski definition) is 5. The average Bonchev–Trinajstić information content (AvgIpc) is 3.17. The first kappa shape index (κ1) is 23.6. The summed E-state index contributed by atoms with van der Waals surface area (Å²) in [5.41, 5.74) is 4.92. The SMILES string of the molecule is C=CCc1ccc(OCCOc2ccccc2C=C2C(=O)NN(c3ccccc3)C2=O)c(OC)c1. The van der Waals surface area contributed by atoms with Crippen molar-refractivity contribution in [1.82, 2.24) is 5.43 Å². The zero-order valence-electron chi connectivity index (χ0n) is 19.4. The Kier molecular flexibility index (Phi) is 7.47. The van der Waals surface area contributed by atoms with Crippen LogP contribution in [0, 0.1) is 0 Å². The molecule has 0 aromatic heterocycles. The number of amides is 2. The second-order valence-corrected chi connectivity index (χ2v) is 7.69. The predicted octanol–water partition coefficient (Wildman–Crippen LogP) is 4.34. The van der Waals surface area contributed by atoms with Crippen LogP contribution in [-0.4, -0.2) is 32.1 Å². The number of methoxy groups -OCH3 is 1. The van der Waals surface area contributed by atoms with Crippen LogP contribution in [0.15, 0.2) is 91.0 Å². The Morgan fingerprint density at radius 1 is 0.886 bits per heavy atom. The number of para-hydroxylation sites is 2. The molecule has 1 fully saturated rings. The summed E-state index contributed by atoms with van der Waals surface area (Å²) >= 11 is 0. The van der Waals surface area contributed by atoms with Crippen molar-refractivity contribution in [2.75, 3.05) is 25.3 Å². The van der Waals surface area contributed by atoms with E-state index in [4.69, 9.17) is 14.2 Å². The average molecular weight is 471 g/mol. The van der Waals surface area contributed by atoms with Gasteiger partial charge in [0.15, 0.2) is 11.5 Å². The summed E-state index contributed by atoms with van der Waals surface area (Å²) in [6.45, 7) is 4.29. The van der Waals surface area contributed by atoms with Gasteiger partial charge in [-0.15, -0.1) is 6.58 Å². The van der Waals surface area contributed by atoms with E-state index in [-0.39, 0.29) is 18.8 Å². The normalized spacial score (nSPS) is 14.1. The van der Waals surface area contributed by atoms with Crippen molar-refractivity contribution in [3.8, 4) is 17.2 Å². The quantitative estimate of drug-likeness (QED) is 0.206. The van der Waals surface area contributed by atoms with Gasteiger partial charge >= 0.3 is 0 Å². The Morgan fingerprint density at radius 3 is 2.34 bits per heavy atom. The van der Waals surface area contributed by atoms with E-state index in [9.17, 15) is 9.59 Å². The minimum absolute atomic E-state index is 0.0329. The molecule has 3 aromatic rings. The number of ether oxygens (including phenoxy) is 3. The van der Waals surface area contributed by atoms with E-state index in [0.29, 0.717) is 28.5 Å². The number of hydrazine groups is 1. The number of allylic oxidation sites excluding steroid dienone is 1. The third-order valence-corrected chi connectivity index (χ3v) is 5.33. The molecule has 0 bridgehead atoms. The fraction of sp³-hybridized carbons (Fsp3) is 0.143. The van der Waals surface area contributed by atoms with E-state index in [1.54, 1.807) is 43.5 Å². The second-order valence-electron chi connectivity index (χ2n) is 7.69. The Bertz CT molecular complexity index is 1250. The molecule has 35 heavy (non-hydrogen) atoms. The van der Waals surface area contributed by atoms with Crippen LogP contribution in [0.4, 0.5) is 5.69 Å². The van der Waals surface area contributed by atoms with E-state index in [2.05, 4.69) is 12.0 Å². The van der Waals surface area contributed by atoms with Crippen LogP contribution in [0.25, 0.3) is 6.08 Å². The fourth-order valence-electron chi connectivity index (χ4n) is 3.63. The summed E-state index contributed by atoms with van der Waals surface area (Å²) in [4.78, 5) is 25.4. The van der Waals surface area contributed by atoms with Gasteiger partial charge in [-0.2, -0.15) is 0 Å². The van der Waals surface area contributed by atoms with Gasteiger partial charge in [-0.05, 0) is 48.4 Å². The number of nitrogens with zero attached hydrogens (tertiary/aromatic N) is 1. The molecular formula is C28H26N2O5. The number of hydrogen-bond donors (Lipinski definition) is 1. The molecule has 7 heteroatoms. The van der Waals surface area contributed by atoms with Crippen molar-refractivity contribution < 1.29 is 23.8 Å². The maximum atomic E-state index is 12.9. The lowest BCUT2D eigenvalue weighted by atomic mass is 10.1. The number of carbonyl (C=O) groups excluding carboxylic acids is 2. The molecule has 4 rings (SSSR count). The van der Waals surface area contributed by atoms with Crippen molar-refractivity contribution >= 4 is 23.6 Å². The predicted molar refractivity (Wildman–Crippen MR) is 134 cm³/mol. The van der Waals surface area contributed by atoms with Crippen LogP contribution in [0.2, 0.25) is 0 Å². The van der Waals surface area contributed by atoms with Crippen LogP contribution in [-0.2, 0) is 16.0 Å². The lowest BCUT2D eigenvalue weighted by Gasteiger charge is -2.14. The third-order valence-electron chi connectivity index (χ3n) is 5.33. The molecule has 1 aliphatic heterocycles. The van der Waals surface area contributed by atoms with Gasteiger partial charge in [-0.3, -0.25) is 15.0 Å². The second kappa shape index (κ2) is 11.1. The molecule has 0 atom stereocenters. The van der Waals surface area contributed by atoms with Gasteiger partial charge in [0.2, 0.25) is 0 Å². The standard InChI is InChI=1S/C28H26N2O5/c1-3-9-20-14-15-25(26(18-20)33-2)35-17-16-34-24-13-8-7-10-21(24)19-23-27(31)29-30(28(23)32)22-11-5-4-6-12-22/h3-8,10-15,18-19H,1,9,16-17H2,2H3,(H,29,31). The molecule has 0 spiro atoms. The van der Waals surface area contributed by atoms with Gasteiger partial charge in [0.05, 0.1) is 12.8 Å². The van der Waals surface area contributed by atoms with Crippen molar-refractivity contribution in [2.45, 2.75) is 6.42 Å². The molecule has 3 aromatic carbocycles. The molecule has 0 radical (unpaired) electrons. The highest BCUT2D eigenvalue weighted by atomic mass is 16.5. The van der Waals surface area contributed by atoms with E-state index in [1.165, 1.54) is 11.1 Å². The maximum Gasteiger partial charge on any atom is 0.282 e. The Balaban J connectivity index is 1.42. The summed E-state index contributed by atoms with van der Waals surface area (Å²) in [6.07, 6.45) is 4.12.